The van der Waals surface area contributed by atoms with Gasteiger partial charge in [0.05, 0.1) is 18.0 Å². The van der Waals surface area contributed by atoms with Crippen LogP contribution >= 0.6 is 0 Å². The number of fused-ring (bicyclic) bond motifs is 1. The average Bonchev–Trinajstić information content (AvgIpc) is 2.81. The second-order valence-electron chi connectivity index (χ2n) is 7.63. The van der Waals surface area contributed by atoms with Crippen LogP contribution in [0.25, 0.3) is 22.2 Å². The number of ether oxygens (including phenoxy) is 1. The quantitative estimate of drug-likeness (QED) is 0.217. The molecule has 1 aromatic heterocycles. The summed E-state index contributed by atoms with van der Waals surface area (Å²) in [6, 6.07) is 11.3. The second kappa shape index (κ2) is 9.59. The molecule has 8 heteroatoms. The summed E-state index contributed by atoms with van der Waals surface area (Å²) in [6.45, 7) is 3.92. The summed E-state index contributed by atoms with van der Waals surface area (Å²) < 4.78 is 72.4. The van der Waals surface area contributed by atoms with Gasteiger partial charge in [0, 0.05) is 10.9 Å². The summed E-state index contributed by atoms with van der Waals surface area (Å²) in [7, 11) is 0. The van der Waals surface area contributed by atoms with Gasteiger partial charge in [-0.05, 0) is 47.6 Å². The third-order valence-corrected chi connectivity index (χ3v) is 5.31. The monoisotopic (exact) mass is 470 g/mol. The maximum absolute atomic E-state index is 15.1. The van der Waals surface area contributed by atoms with Crippen LogP contribution in [0.4, 0.5) is 22.0 Å². The number of benzene rings is 3. The number of aromatic nitrogens is 2. The van der Waals surface area contributed by atoms with Crippen molar-refractivity contribution in [3.8, 4) is 17.1 Å². The Morgan fingerprint density at radius 2 is 1.68 bits per heavy atom. The summed E-state index contributed by atoms with van der Waals surface area (Å²) in [4.78, 5) is 8.55. The number of halogens is 5. The molecule has 3 nitrogen and oxygen atoms in total. The number of alkyl halides is 3. The minimum Gasteiger partial charge on any atom is -0.486 e. The number of hydrogen-bond acceptors (Lipinski definition) is 3. The molecule has 4 rings (SSSR count). The fraction of sp³-hybridized carbons (Fsp3) is 0.154. The number of rotatable bonds is 7. The molecule has 0 bridgehead atoms. The SMILES string of the molecule is C=CCOc1cnc(-c2ccc3c(F)c(CCc4ccc(C(F)(F)F)c(F)c4)ccc3c2)nc1. The predicted octanol–water partition coefficient (Wildman–Crippen LogP) is 6.94. The van der Waals surface area contributed by atoms with Crippen molar-refractivity contribution in [2.24, 2.45) is 0 Å². The van der Waals surface area contributed by atoms with E-state index in [9.17, 15) is 17.6 Å². The minimum absolute atomic E-state index is 0.198. The molecule has 0 amide bonds. The van der Waals surface area contributed by atoms with Crippen LogP contribution in [0.3, 0.4) is 0 Å². The Bertz CT molecular complexity index is 1330. The first-order valence-corrected chi connectivity index (χ1v) is 10.4. The van der Waals surface area contributed by atoms with Crippen molar-refractivity contribution in [1.29, 1.82) is 0 Å². The molecule has 174 valence electrons. The molecule has 0 spiro atoms. The topological polar surface area (TPSA) is 35.0 Å². The molecule has 0 atom stereocenters. The number of aryl methyl sites for hydroxylation is 2. The van der Waals surface area contributed by atoms with E-state index in [1.54, 1.807) is 48.8 Å². The second-order valence-corrected chi connectivity index (χ2v) is 7.63. The summed E-state index contributed by atoms with van der Waals surface area (Å²) in [5, 5.41) is 1.04. The van der Waals surface area contributed by atoms with Crippen LogP contribution in [-0.2, 0) is 19.0 Å². The smallest absolute Gasteiger partial charge is 0.419 e. The first-order valence-electron chi connectivity index (χ1n) is 10.4. The Kier molecular flexibility index (Phi) is 6.58. The van der Waals surface area contributed by atoms with Gasteiger partial charge >= 0.3 is 6.18 Å². The van der Waals surface area contributed by atoms with Crippen molar-refractivity contribution in [3.63, 3.8) is 0 Å². The van der Waals surface area contributed by atoms with Crippen molar-refractivity contribution in [2.75, 3.05) is 6.61 Å². The molecule has 0 N–H and O–H groups in total. The highest BCUT2D eigenvalue weighted by molar-refractivity contribution is 5.87. The van der Waals surface area contributed by atoms with Crippen LogP contribution < -0.4 is 4.74 Å². The minimum atomic E-state index is -4.75. The van der Waals surface area contributed by atoms with Crippen LogP contribution in [0.1, 0.15) is 16.7 Å². The van der Waals surface area contributed by atoms with Crippen LogP contribution in [0.2, 0.25) is 0 Å². The van der Waals surface area contributed by atoms with Gasteiger partial charge in [0.15, 0.2) is 11.6 Å². The van der Waals surface area contributed by atoms with Gasteiger partial charge in [-0.25, -0.2) is 18.7 Å². The fourth-order valence-electron chi connectivity index (χ4n) is 3.59. The van der Waals surface area contributed by atoms with Gasteiger partial charge in [-0.1, -0.05) is 43.0 Å². The van der Waals surface area contributed by atoms with Crippen molar-refractivity contribution >= 4 is 10.8 Å². The van der Waals surface area contributed by atoms with Gasteiger partial charge in [-0.15, -0.1) is 0 Å². The lowest BCUT2D eigenvalue weighted by Crippen LogP contribution is -2.08. The molecular weight excluding hydrogens is 451 g/mol. The molecule has 0 aliphatic rings. The molecule has 0 radical (unpaired) electrons. The third-order valence-electron chi connectivity index (χ3n) is 5.31. The zero-order valence-electron chi connectivity index (χ0n) is 17.9. The van der Waals surface area contributed by atoms with Crippen molar-refractivity contribution in [3.05, 3.63) is 102 Å². The van der Waals surface area contributed by atoms with E-state index in [0.717, 1.165) is 6.07 Å². The standard InChI is InChI=1S/C26H19F5N2O/c1-2-11-34-20-14-32-25(33-15-20)19-8-9-21-18(13-19)7-6-17(24(21)28)5-3-16-4-10-22(23(27)12-16)26(29,30)31/h2,4,6-10,12-15H,1,3,5,11H2. The third kappa shape index (κ3) is 5.06. The summed E-state index contributed by atoms with van der Waals surface area (Å²) in [6.07, 6.45) is 0.362. The summed E-state index contributed by atoms with van der Waals surface area (Å²) in [5.74, 6) is -0.792. The maximum atomic E-state index is 15.1. The van der Waals surface area contributed by atoms with E-state index in [2.05, 4.69) is 16.5 Å². The highest BCUT2D eigenvalue weighted by Crippen LogP contribution is 2.32. The van der Waals surface area contributed by atoms with Crippen LogP contribution in [0.15, 0.2) is 73.6 Å². The fourth-order valence-corrected chi connectivity index (χ4v) is 3.59. The van der Waals surface area contributed by atoms with Gasteiger partial charge < -0.3 is 4.74 Å². The first-order chi connectivity index (χ1) is 16.3. The lowest BCUT2D eigenvalue weighted by atomic mass is 9.98. The first kappa shape index (κ1) is 23.4. The normalized spacial score (nSPS) is 11.6. The molecule has 0 aliphatic carbocycles. The molecular formula is C26H19F5N2O. The van der Waals surface area contributed by atoms with Gasteiger partial charge in [-0.3, -0.25) is 0 Å². The molecule has 0 unspecified atom stereocenters. The molecule has 0 fully saturated rings. The highest BCUT2D eigenvalue weighted by Gasteiger charge is 2.33. The lowest BCUT2D eigenvalue weighted by molar-refractivity contribution is -0.140. The molecule has 1 heterocycles. The van der Waals surface area contributed by atoms with E-state index in [4.69, 9.17) is 4.74 Å². The van der Waals surface area contributed by atoms with Gasteiger partial charge in [0.1, 0.15) is 18.2 Å². The number of hydrogen-bond donors (Lipinski definition) is 0. The molecule has 3 aromatic carbocycles. The van der Waals surface area contributed by atoms with Crippen molar-refractivity contribution in [1.82, 2.24) is 9.97 Å². The zero-order valence-corrected chi connectivity index (χ0v) is 17.9. The van der Waals surface area contributed by atoms with Gasteiger partial charge in [-0.2, -0.15) is 13.2 Å². The van der Waals surface area contributed by atoms with Crippen LogP contribution in [0.5, 0.6) is 5.75 Å². The summed E-state index contributed by atoms with van der Waals surface area (Å²) in [5.41, 5.74) is 0.139. The average molecular weight is 470 g/mol. The van der Waals surface area contributed by atoms with Crippen molar-refractivity contribution in [2.45, 2.75) is 19.0 Å². The predicted molar refractivity (Wildman–Crippen MR) is 119 cm³/mol. The molecule has 4 aromatic rings. The highest BCUT2D eigenvalue weighted by atomic mass is 19.4. The van der Waals surface area contributed by atoms with E-state index >= 15 is 4.39 Å². The Morgan fingerprint density at radius 3 is 2.35 bits per heavy atom. The maximum Gasteiger partial charge on any atom is 0.419 e. The van der Waals surface area contributed by atoms with Gasteiger partial charge in [0.2, 0.25) is 0 Å². The van der Waals surface area contributed by atoms with E-state index < -0.39 is 23.4 Å². The van der Waals surface area contributed by atoms with Crippen LogP contribution in [-0.4, -0.2) is 16.6 Å². The van der Waals surface area contributed by atoms with Crippen LogP contribution in [0, 0.1) is 11.6 Å². The Balaban J connectivity index is 1.52. The number of nitrogens with zero attached hydrogens (tertiary/aromatic N) is 2. The van der Waals surface area contributed by atoms with E-state index in [0.29, 0.717) is 51.7 Å². The van der Waals surface area contributed by atoms with Crippen molar-refractivity contribution < 1.29 is 26.7 Å². The molecule has 34 heavy (non-hydrogen) atoms. The zero-order chi connectivity index (χ0) is 24.3. The largest absolute Gasteiger partial charge is 0.486 e. The van der Waals surface area contributed by atoms with E-state index in [1.807, 2.05) is 0 Å². The lowest BCUT2D eigenvalue weighted by Gasteiger charge is -2.11. The Labute approximate surface area is 192 Å². The Morgan fingerprint density at radius 1 is 0.912 bits per heavy atom. The molecule has 0 saturated heterocycles. The van der Waals surface area contributed by atoms with E-state index in [-0.39, 0.29) is 12.8 Å². The molecule has 0 saturated carbocycles. The summed E-state index contributed by atoms with van der Waals surface area (Å²) >= 11 is 0. The van der Waals surface area contributed by atoms with E-state index in [1.165, 1.54) is 6.07 Å². The Hall–Kier alpha value is -3.81. The van der Waals surface area contributed by atoms with Gasteiger partial charge in [0.25, 0.3) is 0 Å². The molecule has 0 aliphatic heterocycles.